The van der Waals surface area contributed by atoms with Crippen molar-refractivity contribution in [1.29, 1.82) is 0 Å². The van der Waals surface area contributed by atoms with Gasteiger partial charge in [-0.25, -0.2) is 0 Å². The Morgan fingerprint density at radius 1 is 0.833 bits per heavy atom. The number of aryl methyl sites for hydroxylation is 2. The van der Waals surface area contributed by atoms with Crippen LogP contribution in [0.3, 0.4) is 0 Å². The number of rotatable bonds is 6. The number of nitrogens with zero attached hydrogens (tertiary/aromatic N) is 2. The molecule has 0 N–H and O–H groups in total. The molecule has 18 heavy (non-hydrogen) atoms. The van der Waals surface area contributed by atoms with Gasteiger partial charge in [0.05, 0.1) is 0 Å². The van der Waals surface area contributed by atoms with Crippen LogP contribution in [-0.4, -0.2) is 22.3 Å². The third kappa shape index (κ3) is 4.34. The molecule has 0 unspecified atom stereocenters. The third-order valence-electron chi connectivity index (χ3n) is 2.69. The Balaban J connectivity index is 1.73. The van der Waals surface area contributed by atoms with Gasteiger partial charge in [0.15, 0.2) is 12.3 Å². The van der Waals surface area contributed by atoms with Crippen molar-refractivity contribution < 1.29 is 4.57 Å². The summed E-state index contributed by atoms with van der Waals surface area (Å²) in [5.41, 5.74) is 2.03. The van der Waals surface area contributed by atoms with Gasteiger partial charge in [0, 0.05) is 36.6 Å². The fourth-order valence-electron chi connectivity index (χ4n) is 1.68. The second kappa shape index (κ2) is 6.97. The summed E-state index contributed by atoms with van der Waals surface area (Å²) in [7, 11) is -1.16. The molecule has 0 bridgehead atoms. The van der Waals surface area contributed by atoms with Gasteiger partial charge in [-0.3, -0.25) is 9.97 Å². The Kier molecular flexibility index (Phi) is 4.98. The van der Waals surface area contributed by atoms with E-state index < -0.39 is 7.80 Å². The maximum absolute atomic E-state index is 11.9. The Morgan fingerprint density at radius 3 is 1.72 bits per heavy atom. The van der Waals surface area contributed by atoms with Crippen LogP contribution >= 0.6 is 7.80 Å². The van der Waals surface area contributed by atoms with Crippen LogP contribution in [0.2, 0.25) is 0 Å². The van der Waals surface area contributed by atoms with Gasteiger partial charge in [-0.15, -0.1) is 0 Å². The minimum absolute atomic E-state index is 0.708. The van der Waals surface area contributed by atoms with Gasteiger partial charge >= 0.3 is 7.80 Å². The minimum Gasteiger partial charge on any atom is -0.261 e. The monoisotopic (exact) mass is 259 g/mol. The van der Waals surface area contributed by atoms with Crippen molar-refractivity contribution in [3.05, 3.63) is 60.2 Å². The van der Waals surface area contributed by atoms with E-state index >= 15 is 0 Å². The Morgan fingerprint density at radius 2 is 1.33 bits per heavy atom. The fourth-order valence-corrected chi connectivity index (χ4v) is 2.86. The maximum Gasteiger partial charge on any atom is 0.339 e. The zero-order valence-corrected chi connectivity index (χ0v) is 11.1. The summed E-state index contributed by atoms with van der Waals surface area (Å²) in [5.74, 6) is 0. The number of hydrogen-bond acceptors (Lipinski definition) is 3. The lowest BCUT2D eigenvalue weighted by Crippen LogP contribution is -1.96. The van der Waals surface area contributed by atoms with Gasteiger partial charge in [-0.2, -0.15) is 0 Å². The maximum atomic E-state index is 11.9. The van der Waals surface area contributed by atoms with E-state index in [4.69, 9.17) is 0 Å². The number of pyridine rings is 2. The van der Waals surface area contributed by atoms with E-state index in [2.05, 4.69) is 9.97 Å². The Labute approximate surface area is 108 Å². The first-order valence-corrected chi connectivity index (χ1v) is 7.69. The summed E-state index contributed by atoms with van der Waals surface area (Å²) in [6, 6.07) is 11.7. The highest BCUT2D eigenvalue weighted by atomic mass is 31.1. The number of aromatic nitrogens is 2. The van der Waals surface area contributed by atoms with E-state index in [0.29, 0.717) is 12.3 Å². The van der Waals surface area contributed by atoms with Crippen LogP contribution < -0.4 is 0 Å². The summed E-state index contributed by atoms with van der Waals surface area (Å²) in [4.78, 5) is 8.46. The third-order valence-corrected chi connectivity index (χ3v) is 4.13. The van der Waals surface area contributed by atoms with Crippen LogP contribution in [0.25, 0.3) is 0 Å². The van der Waals surface area contributed by atoms with E-state index in [1.807, 2.05) is 36.4 Å². The smallest absolute Gasteiger partial charge is 0.261 e. The highest BCUT2D eigenvalue weighted by Crippen LogP contribution is 2.22. The van der Waals surface area contributed by atoms with E-state index in [1.165, 1.54) is 0 Å². The molecule has 2 rings (SSSR count). The lowest BCUT2D eigenvalue weighted by atomic mass is 10.3. The van der Waals surface area contributed by atoms with Crippen LogP contribution in [0, 0.1) is 0 Å². The minimum atomic E-state index is -1.16. The summed E-state index contributed by atoms with van der Waals surface area (Å²) in [5, 5.41) is 0. The van der Waals surface area contributed by atoms with Crippen LogP contribution in [0.4, 0.5) is 0 Å². The molecule has 0 saturated heterocycles. The van der Waals surface area contributed by atoms with Crippen molar-refractivity contribution in [1.82, 2.24) is 9.97 Å². The average molecular weight is 259 g/mol. The predicted octanol–water partition coefficient (Wildman–Crippen LogP) is 3.09. The molecular weight excluding hydrogens is 243 g/mol. The first-order valence-electron chi connectivity index (χ1n) is 6.06. The molecule has 3 nitrogen and oxygen atoms in total. The van der Waals surface area contributed by atoms with Crippen LogP contribution in [0.1, 0.15) is 11.4 Å². The van der Waals surface area contributed by atoms with Gasteiger partial charge in [0.2, 0.25) is 0 Å². The lowest BCUT2D eigenvalue weighted by Gasteiger charge is -1.95. The van der Waals surface area contributed by atoms with E-state index in [9.17, 15) is 4.57 Å². The highest BCUT2D eigenvalue weighted by Gasteiger charge is 2.15. The number of hydrogen-bond donors (Lipinski definition) is 0. The van der Waals surface area contributed by atoms with Crippen LogP contribution in [-0.2, 0) is 17.4 Å². The quantitative estimate of drug-likeness (QED) is 0.749. The van der Waals surface area contributed by atoms with Crippen LogP contribution in [0.5, 0.6) is 0 Å². The fraction of sp³-hybridized carbons (Fsp3) is 0.286. The molecule has 0 aliphatic rings. The summed E-state index contributed by atoms with van der Waals surface area (Å²) in [6.45, 7) is 0. The molecule has 0 aliphatic carbocycles. The zero-order chi connectivity index (χ0) is 12.6. The molecule has 0 saturated carbocycles. The summed E-state index contributed by atoms with van der Waals surface area (Å²) < 4.78 is 11.9. The van der Waals surface area contributed by atoms with E-state index in [0.717, 1.165) is 24.2 Å². The lowest BCUT2D eigenvalue weighted by molar-refractivity contribution is 0.586. The molecule has 4 heteroatoms. The van der Waals surface area contributed by atoms with Crippen molar-refractivity contribution in [2.45, 2.75) is 12.8 Å². The standard InChI is InChI=1S/C14H16N2OP/c17-18(11-7-13-5-1-3-9-15-13)12-8-14-6-2-4-10-16-14/h1-6,9-10H,7-8,11-12H2/q+1. The molecule has 0 aliphatic heterocycles. The molecule has 0 spiro atoms. The first kappa shape index (κ1) is 12.8. The average Bonchev–Trinajstić information content (AvgIpc) is 2.45. The van der Waals surface area contributed by atoms with Crippen molar-refractivity contribution in [2.75, 3.05) is 12.3 Å². The van der Waals surface area contributed by atoms with Gasteiger partial charge in [-0.05, 0) is 24.3 Å². The Bertz CT molecular complexity index is 442. The Hall–Kier alpha value is -1.60. The summed E-state index contributed by atoms with van der Waals surface area (Å²) in [6.07, 6.45) is 6.54. The highest BCUT2D eigenvalue weighted by molar-refractivity contribution is 7.44. The normalized spacial score (nSPS) is 10.2. The van der Waals surface area contributed by atoms with Crippen LogP contribution in [0.15, 0.2) is 48.8 Å². The second-order valence-corrected chi connectivity index (χ2v) is 5.93. The molecule has 2 aromatic rings. The molecule has 0 aromatic carbocycles. The molecule has 0 atom stereocenters. The van der Waals surface area contributed by atoms with Gasteiger partial charge < -0.3 is 0 Å². The van der Waals surface area contributed by atoms with E-state index in [-0.39, 0.29) is 0 Å². The zero-order valence-electron chi connectivity index (χ0n) is 10.2. The van der Waals surface area contributed by atoms with Crippen molar-refractivity contribution in [2.24, 2.45) is 0 Å². The topological polar surface area (TPSA) is 42.9 Å². The van der Waals surface area contributed by atoms with Crippen molar-refractivity contribution in [3.63, 3.8) is 0 Å². The van der Waals surface area contributed by atoms with Gasteiger partial charge in [0.25, 0.3) is 0 Å². The molecule has 92 valence electrons. The summed E-state index contributed by atoms with van der Waals surface area (Å²) >= 11 is 0. The van der Waals surface area contributed by atoms with Crippen molar-refractivity contribution in [3.8, 4) is 0 Å². The molecule has 0 radical (unpaired) electrons. The van der Waals surface area contributed by atoms with E-state index in [1.54, 1.807) is 12.4 Å². The molecule has 0 fully saturated rings. The van der Waals surface area contributed by atoms with Crippen molar-refractivity contribution >= 4 is 7.80 Å². The molecule has 2 heterocycles. The molecule has 2 aromatic heterocycles. The van der Waals surface area contributed by atoms with Gasteiger partial charge in [-0.1, -0.05) is 16.7 Å². The molecular formula is C14H16N2OP+. The van der Waals surface area contributed by atoms with Gasteiger partial charge in [0.1, 0.15) is 0 Å². The largest absolute Gasteiger partial charge is 0.339 e. The first-order chi connectivity index (χ1) is 8.84. The predicted molar refractivity (Wildman–Crippen MR) is 73.2 cm³/mol. The second-order valence-electron chi connectivity index (χ2n) is 4.07. The SMILES string of the molecule is O=[P+](CCc1ccccn1)CCc1ccccn1. The molecule has 0 amide bonds.